The van der Waals surface area contributed by atoms with Crippen LogP contribution >= 0.6 is 34.4 Å². The minimum atomic E-state index is -0.0522. The third-order valence-electron chi connectivity index (χ3n) is 5.88. The smallest absolute Gasteiger partial charge is 0.259 e. The van der Waals surface area contributed by atoms with Crippen molar-refractivity contribution in [1.82, 2.24) is 19.9 Å². The average molecular weight is 475 g/mol. The van der Waals surface area contributed by atoms with Crippen LogP contribution in [-0.4, -0.2) is 33.0 Å². The van der Waals surface area contributed by atoms with Crippen LogP contribution in [0.15, 0.2) is 9.82 Å². The zero-order chi connectivity index (χ0) is 22.3. The van der Waals surface area contributed by atoms with Gasteiger partial charge in [-0.25, -0.2) is 15.0 Å². The molecule has 0 aliphatic rings. The van der Waals surface area contributed by atoms with Crippen LogP contribution in [0.3, 0.4) is 0 Å². The number of nitrogens with one attached hydrogen (secondary N) is 2. The Morgan fingerprint density at radius 3 is 2.16 bits per heavy atom. The van der Waals surface area contributed by atoms with Gasteiger partial charge in [-0.15, -0.1) is 22.7 Å². The molecule has 4 aromatic heterocycles. The predicted octanol–water partition coefficient (Wildman–Crippen LogP) is 3.94. The van der Waals surface area contributed by atoms with Crippen molar-refractivity contribution in [2.24, 2.45) is 0 Å². The van der Waals surface area contributed by atoms with Crippen molar-refractivity contribution in [3.05, 3.63) is 42.9 Å². The number of rotatable bonds is 7. The van der Waals surface area contributed by atoms with Gasteiger partial charge in [-0.1, -0.05) is 11.8 Å². The summed E-state index contributed by atoms with van der Waals surface area (Å²) < 4.78 is 0. The second kappa shape index (κ2) is 8.97. The number of fused-ring (bicyclic) bond motifs is 2. The van der Waals surface area contributed by atoms with E-state index in [4.69, 9.17) is 15.0 Å². The van der Waals surface area contributed by atoms with Gasteiger partial charge >= 0.3 is 0 Å². The van der Waals surface area contributed by atoms with Crippen molar-refractivity contribution >= 4 is 54.9 Å². The number of thioether (sulfide) groups is 1. The summed E-state index contributed by atoms with van der Waals surface area (Å²) in [6, 6.07) is 0. The van der Waals surface area contributed by atoms with E-state index >= 15 is 0 Å². The van der Waals surface area contributed by atoms with E-state index in [0.29, 0.717) is 11.6 Å². The second-order valence-electron chi connectivity index (χ2n) is 7.81. The summed E-state index contributed by atoms with van der Waals surface area (Å²) in [4.78, 5) is 35.9. The summed E-state index contributed by atoms with van der Waals surface area (Å²) in [5, 5.41) is 2.83. The summed E-state index contributed by atoms with van der Waals surface area (Å²) in [7, 11) is 0. The van der Waals surface area contributed by atoms with Gasteiger partial charge in [0, 0.05) is 15.1 Å². The average Bonchev–Trinajstić information content (AvgIpc) is 3.19. The van der Waals surface area contributed by atoms with Gasteiger partial charge < -0.3 is 9.88 Å². The lowest BCUT2D eigenvalue weighted by atomic mass is 10.2. The molecule has 0 saturated heterocycles. The molecule has 0 aliphatic carbocycles. The molecule has 0 unspecified atom stereocenters. The Morgan fingerprint density at radius 2 is 1.52 bits per heavy atom. The highest BCUT2D eigenvalue weighted by Crippen LogP contribution is 2.36. The SMILES string of the molecule is CC[NH+](CC)Cc1nc(SCc2nc3sc(C)c(C)c3c(=O)[nH]2)c2c(C)c(C)sc2n1. The fraction of sp³-hybridized carbons (Fsp3) is 0.455. The summed E-state index contributed by atoms with van der Waals surface area (Å²) in [6.45, 7) is 15.6. The molecule has 0 atom stereocenters. The summed E-state index contributed by atoms with van der Waals surface area (Å²) in [6.07, 6.45) is 0. The number of thiophene rings is 2. The molecule has 0 radical (unpaired) electrons. The highest BCUT2D eigenvalue weighted by Gasteiger charge is 2.18. The maximum atomic E-state index is 12.6. The lowest BCUT2D eigenvalue weighted by molar-refractivity contribution is -0.910. The van der Waals surface area contributed by atoms with Gasteiger partial charge in [0.1, 0.15) is 27.1 Å². The number of aromatic amines is 1. The van der Waals surface area contributed by atoms with Crippen LogP contribution in [-0.2, 0) is 12.3 Å². The Hall–Kier alpha value is -1.81. The zero-order valence-electron chi connectivity index (χ0n) is 18.8. The Bertz CT molecular complexity index is 1320. The molecule has 0 aromatic carbocycles. The summed E-state index contributed by atoms with van der Waals surface area (Å²) in [5.41, 5.74) is 2.22. The zero-order valence-corrected chi connectivity index (χ0v) is 21.3. The van der Waals surface area contributed by atoms with Crippen molar-refractivity contribution in [2.45, 2.75) is 58.9 Å². The monoisotopic (exact) mass is 474 g/mol. The van der Waals surface area contributed by atoms with Crippen LogP contribution in [0.25, 0.3) is 20.4 Å². The van der Waals surface area contributed by atoms with Gasteiger partial charge in [-0.2, -0.15) is 0 Å². The molecular formula is C22H28N5OS3+. The molecule has 4 aromatic rings. The van der Waals surface area contributed by atoms with Crippen molar-refractivity contribution in [3.63, 3.8) is 0 Å². The molecule has 0 saturated carbocycles. The highest BCUT2D eigenvalue weighted by molar-refractivity contribution is 7.98. The molecule has 31 heavy (non-hydrogen) atoms. The first-order valence-corrected chi connectivity index (χ1v) is 13.2. The van der Waals surface area contributed by atoms with Crippen LogP contribution in [0.2, 0.25) is 0 Å². The van der Waals surface area contributed by atoms with Crippen molar-refractivity contribution in [2.75, 3.05) is 13.1 Å². The van der Waals surface area contributed by atoms with Crippen LogP contribution in [0.1, 0.15) is 46.4 Å². The van der Waals surface area contributed by atoms with E-state index in [-0.39, 0.29) is 5.56 Å². The molecule has 6 nitrogen and oxygen atoms in total. The number of aromatic nitrogens is 4. The minimum absolute atomic E-state index is 0.0522. The second-order valence-corrected chi connectivity index (χ2v) is 11.2. The van der Waals surface area contributed by atoms with Crippen LogP contribution in [0.4, 0.5) is 0 Å². The lowest BCUT2D eigenvalue weighted by Gasteiger charge is -2.15. The molecule has 0 amide bonds. The van der Waals surface area contributed by atoms with Crippen LogP contribution < -0.4 is 10.5 Å². The third kappa shape index (κ3) is 4.28. The van der Waals surface area contributed by atoms with Gasteiger partial charge in [0.05, 0.1) is 24.2 Å². The number of nitrogens with zero attached hydrogens (tertiary/aromatic N) is 3. The topological polar surface area (TPSA) is 76.0 Å². The van der Waals surface area contributed by atoms with Crippen LogP contribution in [0.5, 0.6) is 0 Å². The lowest BCUT2D eigenvalue weighted by Crippen LogP contribution is -3.10. The van der Waals surface area contributed by atoms with E-state index in [9.17, 15) is 4.79 Å². The number of quaternary nitrogens is 1. The highest BCUT2D eigenvalue weighted by atomic mass is 32.2. The summed E-state index contributed by atoms with van der Waals surface area (Å²) >= 11 is 4.95. The van der Waals surface area contributed by atoms with Crippen molar-refractivity contribution in [3.8, 4) is 0 Å². The Kier molecular flexibility index (Phi) is 6.48. The van der Waals surface area contributed by atoms with E-state index in [1.807, 2.05) is 13.8 Å². The first kappa shape index (κ1) is 22.4. The normalized spacial score (nSPS) is 12.0. The molecular weight excluding hydrogens is 446 g/mol. The number of hydrogen-bond acceptors (Lipinski definition) is 7. The van der Waals surface area contributed by atoms with Gasteiger partial charge in [0.2, 0.25) is 0 Å². The van der Waals surface area contributed by atoms with E-state index < -0.39 is 0 Å². The van der Waals surface area contributed by atoms with Crippen LogP contribution in [0, 0.1) is 27.7 Å². The van der Waals surface area contributed by atoms with E-state index in [1.54, 1.807) is 34.4 Å². The standard InChI is InChI=1S/C22H27N5OS3/c1-7-27(8-2)9-15-24-20(18-12(4)14(6)31-22(18)25-15)29-10-16-23-19(28)17-11(3)13(5)30-21(17)26-16/h7-10H2,1-6H3,(H,23,26,28)/p+1. The molecule has 0 aliphatic heterocycles. The van der Waals surface area contributed by atoms with Crippen molar-refractivity contribution in [1.29, 1.82) is 0 Å². The largest absolute Gasteiger partial charge is 0.329 e. The first-order valence-electron chi connectivity index (χ1n) is 10.5. The summed E-state index contributed by atoms with van der Waals surface area (Å²) in [5.74, 6) is 2.14. The van der Waals surface area contributed by atoms with Gasteiger partial charge in [0.15, 0.2) is 5.82 Å². The first-order chi connectivity index (χ1) is 14.8. The number of aryl methyl sites for hydroxylation is 4. The molecule has 2 N–H and O–H groups in total. The van der Waals surface area contributed by atoms with Gasteiger partial charge in [-0.05, 0) is 52.7 Å². The quantitative estimate of drug-likeness (QED) is 0.313. The van der Waals surface area contributed by atoms with E-state index in [0.717, 1.165) is 61.4 Å². The van der Waals surface area contributed by atoms with Gasteiger partial charge in [-0.3, -0.25) is 4.79 Å². The number of H-pyrrole nitrogens is 1. The molecule has 164 valence electrons. The molecule has 4 heterocycles. The van der Waals surface area contributed by atoms with Gasteiger partial charge in [0.25, 0.3) is 5.56 Å². The van der Waals surface area contributed by atoms with Crippen molar-refractivity contribution < 1.29 is 4.90 Å². The third-order valence-corrected chi connectivity index (χ3v) is 9.07. The Labute approximate surface area is 194 Å². The maximum absolute atomic E-state index is 12.6. The van der Waals surface area contributed by atoms with E-state index in [1.165, 1.54) is 15.3 Å². The predicted molar refractivity (Wildman–Crippen MR) is 132 cm³/mol. The fourth-order valence-electron chi connectivity index (χ4n) is 3.67. The molecule has 9 heteroatoms. The molecule has 0 bridgehead atoms. The maximum Gasteiger partial charge on any atom is 0.259 e. The molecule has 0 spiro atoms. The molecule has 4 rings (SSSR count). The van der Waals surface area contributed by atoms with E-state index in [2.05, 4.69) is 32.7 Å². The number of hydrogen-bond donors (Lipinski definition) is 2. The fourth-order valence-corrected chi connectivity index (χ4v) is 6.80. The minimum Gasteiger partial charge on any atom is -0.329 e. The Balaban J connectivity index is 1.70. The molecule has 0 fully saturated rings. The Morgan fingerprint density at radius 1 is 0.903 bits per heavy atom.